The molecule has 2 aliphatic heterocycles. The molecule has 1 N–H and O–H groups in total. The van der Waals surface area contributed by atoms with Crippen molar-refractivity contribution in [3.8, 4) is 5.75 Å². The molecule has 1 unspecified atom stereocenters. The number of carbonyl (C=O) groups excluding carboxylic acids is 3. The van der Waals surface area contributed by atoms with Gasteiger partial charge in [-0.1, -0.05) is 0 Å². The largest absolute Gasteiger partial charge is 0.497 e. The van der Waals surface area contributed by atoms with Gasteiger partial charge in [0.25, 0.3) is 0 Å². The molecule has 2 fully saturated rings. The highest BCUT2D eigenvalue weighted by Crippen LogP contribution is 2.24. The van der Waals surface area contributed by atoms with E-state index >= 15 is 0 Å². The van der Waals surface area contributed by atoms with E-state index in [0.717, 1.165) is 24.4 Å². The number of methoxy groups -OCH3 is 1. The number of anilines is 1. The number of hydrogen-bond donors (Lipinski definition) is 1. The Balaban J connectivity index is 1.44. The highest BCUT2D eigenvalue weighted by Gasteiger charge is 2.31. The highest BCUT2D eigenvalue weighted by atomic mass is 16.5. The lowest BCUT2D eigenvalue weighted by molar-refractivity contribution is -0.128. The molecule has 2 saturated heterocycles. The Morgan fingerprint density at radius 1 is 1.23 bits per heavy atom. The van der Waals surface area contributed by atoms with Crippen molar-refractivity contribution in [1.82, 2.24) is 10.2 Å². The third-order valence-corrected chi connectivity index (χ3v) is 4.88. The van der Waals surface area contributed by atoms with Crippen LogP contribution in [0.5, 0.6) is 5.75 Å². The minimum Gasteiger partial charge on any atom is -0.497 e. The van der Waals surface area contributed by atoms with Crippen molar-refractivity contribution >= 4 is 23.4 Å². The first-order valence-electron chi connectivity index (χ1n) is 9.08. The van der Waals surface area contributed by atoms with Crippen LogP contribution in [0.3, 0.4) is 0 Å². The lowest BCUT2D eigenvalue weighted by atomic mass is 10.2. The minimum absolute atomic E-state index is 0.00290. The van der Waals surface area contributed by atoms with Gasteiger partial charge < -0.3 is 19.9 Å². The first kappa shape index (κ1) is 18.2. The fourth-order valence-electron chi connectivity index (χ4n) is 3.49. The van der Waals surface area contributed by atoms with Crippen molar-refractivity contribution in [2.45, 2.75) is 38.1 Å². The van der Waals surface area contributed by atoms with Gasteiger partial charge in [-0.15, -0.1) is 0 Å². The number of ether oxygens (including phenoxy) is 1. The van der Waals surface area contributed by atoms with Gasteiger partial charge in [-0.25, -0.2) is 0 Å². The zero-order chi connectivity index (χ0) is 18.5. The van der Waals surface area contributed by atoms with Gasteiger partial charge >= 0.3 is 0 Å². The molecule has 1 aromatic rings. The van der Waals surface area contributed by atoms with Crippen LogP contribution in [0.4, 0.5) is 5.69 Å². The van der Waals surface area contributed by atoms with E-state index in [1.165, 1.54) is 0 Å². The van der Waals surface area contributed by atoms with Crippen molar-refractivity contribution in [2.75, 3.05) is 31.6 Å². The number of carbonyl (C=O) groups is 3. The number of nitrogens with zero attached hydrogens (tertiary/aromatic N) is 2. The molecule has 3 rings (SSSR count). The Kier molecular flexibility index (Phi) is 5.75. The number of benzene rings is 1. The van der Waals surface area contributed by atoms with Crippen molar-refractivity contribution in [2.24, 2.45) is 0 Å². The fraction of sp³-hybridized carbons (Fsp3) is 0.526. The molecule has 3 amide bonds. The molecule has 7 nitrogen and oxygen atoms in total. The highest BCUT2D eigenvalue weighted by molar-refractivity contribution is 5.96. The van der Waals surface area contributed by atoms with E-state index in [2.05, 4.69) is 5.32 Å². The molecule has 1 aromatic carbocycles. The van der Waals surface area contributed by atoms with E-state index in [4.69, 9.17) is 4.74 Å². The number of nitrogens with one attached hydrogen (secondary N) is 1. The summed E-state index contributed by atoms with van der Waals surface area (Å²) in [5.74, 6) is 0.859. The summed E-state index contributed by atoms with van der Waals surface area (Å²) in [6.07, 6.45) is 2.87. The van der Waals surface area contributed by atoms with E-state index in [1.54, 1.807) is 12.0 Å². The Morgan fingerprint density at radius 3 is 2.65 bits per heavy atom. The summed E-state index contributed by atoms with van der Waals surface area (Å²) in [6, 6.07) is 7.13. The van der Waals surface area contributed by atoms with Gasteiger partial charge in [0.15, 0.2) is 0 Å². The Bertz CT molecular complexity index is 674. The van der Waals surface area contributed by atoms with Gasteiger partial charge in [0.1, 0.15) is 5.75 Å². The summed E-state index contributed by atoms with van der Waals surface area (Å²) in [6.45, 7) is 1.91. The molecular weight excluding hydrogens is 334 g/mol. The summed E-state index contributed by atoms with van der Waals surface area (Å²) in [4.78, 5) is 39.4. The molecule has 2 aliphatic rings. The fourth-order valence-corrected chi connectivity index (χ4v) is 3.49. The van der Waals surface area contributed by atoms with Gasteiger partial charge in [0, 0.05) is 44.6 Å². The molecule has 0 aliphatic carbocycles. The first-order chi connectivity index (χ1) is 12.6. The monoisotopic (exact) mass is 359 g/mol. The van der Waals surface area contributed by atoms with Gasteiger partial charge in [0.05, 0.1) is 13.2 Å². The Labute approximate surface area is 153 Å². The van der Waals surface area contributed by atoms with Gasteiger partial charge in [0.2, 0.25) is 17.7 Å². The maximum absolute atomic E-state index is 12.2. The number of hydrogen-bond acceptors (Lipinski definition) is 4. The second-order valence-electron chi connectivity index (χ2n) is 6.76. The second kappa shape index (κ2) is 8.21. The Hall–Kier alpha value is -2.57. The standard InChI is InChI=1S/C19H25N3O4/c1-26-16-8-6-15(7-9-16)22-13-14(12-19(22)25)20-17(23)4-2-10-21-11-3-5-18(21)24/h6-9,14H,2-5,10-13H2,1H3,(H,20,23). The van der Waals surface area contributed by atoms with Crippen LogP contribution >= 0.6 is 0 Å². The third kappa shape index (κ3) is 4.33. The molecule has 140 valence electrons. The van der Waals surface area contributed by atoms with Crippen LogP contribution in [0.25, 0.3) is 0 Å². The lowest BCUT2D eigenvalue weighted by Gasteiger charge is -2.18. The summed E-state index contributed by atoms with van der Waals surface area (Å²) in [5, 5.41) is 2.94. The molecule has 2 heterocycles. The second-order valence-corrected chi connectivity index (χ2v) is 6.76. The number of likely N-dealkylation sites (tertiary alicyclic amines) is 1. The molecule has 26 heavy (non-hydrogen) atoms. The minimum atomic E-state index is -0.175. The topological polar surface area (TPSA) is 79.0 Å². The maximum Gasteiger partial charge on any atom is 0.229 e. The maximum atomic E-state index is 12.2. The van der Waals surface area contributed by atoms with Crippen LogP contribution in [0.1, 0.15) is 32.1 Å². The predicted octanol–water partition coefficient (Wildman–Crippen LogP) is 1.32. The zero-order valence-electron chi connectivity index (χ0n) is 15.1. The van der Waals surface area contributed by atoms with Crippen LogP contribution in [0.2, 0.25) is 0 Å². The van der Waals surface area contributed by atoms with Gasteiger partial charge in [-0.2, -0.15) is 0 Å². The van der Waals surface area contributed by atoms with Crippen molar-refractivity contribution in [1.29, 1.82) is 0 Å². The zero-order valence-corrected chi connectivity index (χ0v) is 15.1. The van der Waals surface area contributed by atoms with Crippen LogP contribution in [-0.2, 0) is 14.4 Å². The normalized spacial score (nSPS) is 20.0. The summed E-state index contributed by atoms with van der Waals surface area (Å²) in [5.41, 5.74) is 0.806. The lowest BCUT2D eigenvalue weighted by Crippen LogP contribution is -2.37. The van der Waals surface area contributed by atoms with Crippen LogP contribution in [0, 0.1) is 0 Å². The van der Waals surface area contributed by atoms with Crippen molar-refractivity contribution in [3.05, 3.63) is 24.3 Å². The van der Waals surface area contributed by atoms with Crippen molar-refractivity contribution < 1.29 is 19.1 Å². The van der Waals surface area contributed by atoms with Gasteiger partial charge in [-0.05, 0) is 37.1 Å². The number of amides is 3. The quantitative estimate of drug-likeness (QED) is 0.796. The smallest absolute Gasteiger partial charge is 0.229 e. The third-order valence-electron chi connectivity index (χ3n) is 4.88. The van der Waals surface area contributed by atoms with E-state index < -0.39 is 0 Å². The average molecular weight is 359 g/mol. The van der Waals surface area contributed by atoms with Crippen LogP contribution in [-0.4, -0.2) is 55.4 Å². The SMILES string of the molecule is COc1ccc(N2CC(NC(=O)CCCN3CCCC3=O)CC2=O)cc1. The van der Waals surface area contributed by atoms with E-state index in [-0.39, 0.29) is 23.8 Å². The molecule has 0 radical (unpaired) electrons. The molecule has 0 saturated carbocycles. The first-order valence-corrected chi connectivity index (χ1v) is 9.08. The molecule has 7 heteroatoms. The predicted molar refractivity (Wildman–Crippen MR) is 96.9 cm³/mol. The average Bonchev–Trinajstić information content (AvgIpc) is 3.20. The van der Waals surface area contributed by atoms with Crippen LogP contribution in [0.15, 0.2) is 24.3 Å². The summed E-state index contributed by atoms with van der Waals surface area (Å²) < 4.78 is 5.13. The molecule has 0 aromatic heterocycles. The van der Waals surface area contributed by atoms with Gasteiger partial charge in [-0.3, -0.25) is 14.4 Å². The number of rotatable bonds is 7. The Morgan fingerprint density at radius 2 is 2.00 bits per heavy atom. The van der Waals surface area contributed by atoms with Crippen LogP contribution < -0.4 is 15.0 Å². The van der Waals surface area contributed by atoms with E-state index in [0.29, 0.717) is 38.8 Å². The van der Waals surface area contributed by atoms with Crippen molar-refractivity contribution in [3.63, 3.8) is 0 Å². The van der Waals surface area contributed by atoms with E-state index in [9.17, 15) is 14.4 Å². The molecular formula is C19H25N3O4. The van der Waals surface area contributed by atoms with E-state index in [1.807, 2.05) is 29.2 Å². The molecule has 0 bridgehead atoms. The summed E-state index contributed by atoms with van der Waals surface area (Å²) >= 11 is 0. The summed E-state index contributed by atoms with van der Waals surface area (Å²) in [7, 11) is 1.60. The molecule has 0 spiro atoms. The molecule has 1 atom stereocenters.